The highest BCUT2D eigenvalue weighted by Crippen LogP contribution is 2.28. The van der Waals surface area contributed by atoms with Crippen molar-refractivity contribution in [1.82, 2.24) is 14.8 Å². The van der Waals surface area contributed by atoms with Gasteiger partial charge in [-0.15, -0.1) is 0 Å². The van der Waals surface area contributed by atoms with Crippen LogP contribution in [0.1, 0.15) is 29.0 Å². The van der Waals surface area contributed by atoms with Crippen molar-refractivity contribution >= 4 is 17.4 Å². The number of halogens is 4. The highest BCUT2D eigenvalue weighted by atomic mass is 35.5. The van der Waals surface area contributed by atoms with Crippen LogP contribution >= 0.6 is 11.6 Å². The number of carbonyl (C=O) groups excluding carboxylic acids is 1. The highest BCUT2D eigenvalue weighted by Gasteiger charge is 2.34. The van der Waals surface area contributed by atoms with E-state index in [2.05, 4.69) is 10.1 Å². The van der Waals surface area contributed by atoms with Crippen LogP contribution in [0.3, 0.4) is 0 Å². The van der Waals surface area contributed by atoms with Gasteiger partial charge in [0.25, 0.3) is 0 Å². The zero-order valence-electron chi connectivity index (χ0n) is 10.2. The highest BCUT2D eigenvalue weighted by molar-refractivity contribution is 6.29. The first-order valence-electron chi connectivity index (χ1n) is 5.57. The van der Waals surface area contributed by atoms with E-state index in [1.165, 1.54) is 25.3 Å². The average molecular weight is 304 g/mol. The molecule has 0 aliphatic rings. The molecule has 2 rings (SSSR count). The number of hydrogen-bond donors (Lipinski definition) is 0. The van der Waals surface area contributed by atoms with Gasteiger partial charge in [0, 0.05) is 18.0 Å². The summed E-state index contributed by atoms with van der Waals surface area (Å²) in [7, 11) is 0. The molecule has 1 unspecified atom stereocenters. The minimum Gasteiger partial charge on any atom is -0.292 e. The second kappa shape index (κ2) is 5.24. The lowest BCUT2D eigenvalue weighted by Gasteiger charge is -2.11. The fourth-order valence-corrected chi connectivity index (χ4v) is 1.70. The molecule has 4 nitrogen and oxygen atoms in total. The molecule has 0 saturated heterocycles. The van der Waals surface area contributed by atoms with E-state index < -0.39 is 23.7 Å². The summed E-state index contributed by atoms with van der Waals surface area (Å²) in [5.74, 6) is -0.397. The van der Waals surface area contributed by atoms with Crippen molar-refractivity contribution in [1.29, 1.82) is 0 Å². The van der Waals surface area contributed by atoms with E-state index in [9.17, 15) is 18.0 Å². The van der Waals surface area contributed by atoms with Gasteiger partial charge in [0.1, 0.15) is 11.2 Å². The van der Waals surface area contributed by atoms with E-state index >= 15 is 0 Å². The van der Waals surface area contributed by atoms with Gasteiger partial charge in [-0.2, -0.15) is 18.3 Å². The number of carbonyl (C=O) groups is 1. The van der Waals surface area contributed by atoms with Crippen LogP contribution in [-0.2, 0) is 6.18 Å². The number of alkyl halides is 3. The van der Waals surface area contributed by atoms with Gasteiger partial charge in [-0.25, -0.2) is 4.98 Å². The van der Waals surface area contributed by atoms with Crippen LogP contribution in [0.5, 0.6) is 0 Å². The third kappa shape index (κ3) is 2.98. The maximum atomic E-state index is 12.4. The Morgan fingerprint density at radius 3 is 2.55 bits per heavy atom. The molecule has 0 fully saturated rings. The molecule has 2 aromatic heterocycles. The molecular weight excluding hydrogens is 295 g/mol. The predicted octanol–water partition coefficient (Wildman–Crippen LogP) is 3.39. The van der Waals surface area contributed by atoms with E-state index in [0.29, 0.717) is 0 Å². The normalized spacial score (nSPS) is 13.2. The van der Waals surface area contributed by atoms with Crippen molar-refractivity contribution in [3.8, 4) is 0 Å². The summed E-state index contributed by atoms with van der Waals surface area (Å²) in [5, 5.41) is 3.60. The van der Waals surface area contributed by atoms with Crippen LogP contribution in [0, 0.1) is 0 Å². The standard InChI is InChI=1S/C12H9ClF3N3O/c1-7(11(20)8-2-3-10(13)17-6-8)19-5-4-9(18-19)12(14,15)16/h2-7H,1H3. The number of hydrogen-bond acceptors (Lipinski definition) is 3. The number of pyridine rings is 1. The van der Waals surface area contributed by atoms with Gasteiger partial charge in [0.2, 0.25) is 0 Å². The van der Waals surface area contributed by atoms with Crippen molar-refractivity contribution in [3.05, 3.63) is 47.0 Å². The second-order valence-corrected chi connectivity index (χ2v) is 4.48. The largest absolute Gasteiger partial charge is 0.435 e. The maximum absolute atomic E-state index is 12.4. The Bertz CT molecular complexity index is 622. The summed E-state index contributed by atoms with van der Waals surface area (Å²) in [4.78, 5) is 15.8. The van der Waals surface area contributed by atoms with Crippen molar-refractivity contribution in [2.24, 2.45) is 0 Å². The molecule has 0 bridgehead atoms. The van der Waals surface area contributed by atoms with Crippen LogP contribution in [0.4, 0.5) is 13.2 Å². The lowest BCUT2D eigenvalue weighted by molar-refractivity contribution is -0.141. The van der Waals surface area contributed by atoms with Crippen LogP contribution in [-0.4, -0.2) is 20.5 Å². The smallest absolute Gasteiger partial charge is 0.292 e. The topological polar surface area (TPSA) is 47.8 Å². The van der Waals surface area contributed by atoms with Crippen molar-refractivity contribution in [3.63, 3.8) is 0 Å². The van der Waals surface area contributed by atoms with Crippen LogP contribution in [0.15, 0.2) is 30.6 Å². The van der Waals surface area contributed by atoms with Gasteiger partial charge >= 0.3 is 6.18 Å². The third-order valence-corrected chi connectivity index (χ3v) is 2.91. The van der Waals surface area contributed by atoms with E-state index in [-0.39, 0.29) is 10.7 Å². The third-order valence-electron chi connectivity index (χ3n) is 2.69. The van der Waals surface area contributed by atoms with Crippen LogP contribution < -0.4 is 0 Å². The van der Waals surface area contributed by atoms with Gasteiger partial charge in [-0.05, 0) is 25.1 Å². The molecule has 0 saturated carbocycles. The Hall–Kier alpha value is -1.89. The van der Waals surface area contributed by atoms with Crippen LogP contribution in [0.2, 0.25) is 5.15 Å². The molecule has 1 atom stereocenters. The van der Waals surface area contributed by atoms with Gasteiger partial charge in [0.15, 0.2) is 11.5 Å². The summed E-state index contributed by atoms with van der Waals surface area (Å²) < 4.78 is 38.3. The Balaban J connectivity index is 2.22. The van der Waals surface area contributed by atoms with Gasteiger partial charge < -0.3 is 0 Å². The van der Waals surface area contributed by atoms with Gasteiger partial charge in [-0.1, -0.05) is 11.6 Å². The predicted molar refractivity (Wildman–Crippen MR) is 65.5 cm³/mol. The molecule has 0 aliphatic heterocycles. The molecule has 0 radical (unpaired) electrons. The van der Waals surface area contributed by atoms with Crippen molar-refractivity contribution in [2.45, 2.75) is 19.1 Å². The number of ketones is 1. The molecule has 0 spiro atoms. The molecule has 2 aromatic rings. The Morgan fingerprint density at radius 2 is 2.05 bits per heavy atom. The molecule has 106 valence electrons. The number of nitrogens with zero attached hydrogens (tertiary/aromatic N) is 3. The zero-order chi connectivity index (χ0) is 14.9. The van der Waals surface area contributed by atoms with Crippen LogP contribution in [0.25, 0.3) is 0 Å². The molecule has 0 amide bonds. The summed E-state index contributed by atoms with van der Waals surface area (Å²) >= 11 is 5.60. The van der Waals surface area contributed by atoms with Crippen molar-refractivity contribution < 1.29 is 18.0 Å². The fraction of sp³-hybridized carbons (Fsp3) is 0.250. The summed E-state index contributed by atoms with van der Waals surface area (Å²) in [6.07, 6.45) is -2.14. The monoisotopic (exact) mass is 303 g/mol. The molecule has 20 heavy (non-hydrogen) atoms. The molecule has 0 aliphatic carbocycles. The Kier molecular flexibility index (Phi) is 3.80. The summed E-state index contributed by atoms with van der Waals surface area (Å²) in [6, 6.07) is 2.85. The second-order valence-electron chi connectivity index (χ2n) is 4.09. The first-order valence-corrected chi connectivity index (χ1v) is 5.95. The first kappa shape index (κ1) is 14.5. The van der Waals surface area contributed by atoms with E-state index in [1.54, 1.807) is 0 Å². The summed E-state index contributed by atoms with van der Waals surface area (Å²) in [5.41, 5.74) is -0.780. The summed E-state index contributed by atoms with van der Waals surface area (Å²) in [6.45, 7) is 1.46. The molecular formula is C12H9ClF3N3O. The minimum atomic E-state index is -4.53. The average Bonchev–Trinajstić information content (AvgIpc) is 2.87. The quantitative estimate of drug-likeness (QED) is 0.645. The Morgan fingerprint density at radius 1 is 1.35 bits per heavy atom. The van der Waals surface area contributed by atoms with E-state index in [1.807, 2.05) is 0 Å². The fourth-order valence-electron chi connectivity index (χ4n) is 1.59. The SMILES string of the molecule is CC(C(=O)c1ccc(Cl)nc1)n1ccc(C(F)(F)F)n1. The van der Waals surface area contributed by atoms with Gasteiger partial charge in [0.05, 0.1) is 0 Å². The Labute approximate surface area is 117 Å². The van der Waals surface area contributed by atoms with E-state index in [0.717, 1.165) is 16.9 Å². The lowest BCUT2D eigenvalue weighted by Crippen LogP contribution is -2.18. The first-order chi connectivity index (χ1) is 9.29. The molecule has 2 heterocycles. The van der Waals surface area contributed by atoms with Gasteiger partial charge in [-0.3, -0.25) is 9.48 Å². The number of rotatable bonds is 3. The van der Waals surface area contributed by atoms with E-state index in [4.69, 9.17) is 11.6 Å². The number of Topliss-reactive ketones (excluding diaryl/α,β-unsaturated/α-hetero) is 1. The number of aromatic nitrogens is 3. The maximum Gasteiger partial charge on any atom is 0.435 e. The zero-order valence-corrected chi connectivity index (χ0v) is 11.0. The minimum absolute atomic E-state index is 0.229. The lowest BCUT2D eigenvalue weighted by atomic mass is 10.1. The molecule has 8 heteroatoms. The van der Waals surface area contributed by atoms with Crippen molar-refractivity contribution in [2.75, 3.05) is 0 Å². The molecule has 0 N–H and O–H groups in total. The molecule has 0 aromatic carbocycles.